The van der Waals surface area contributed by atoms with Crippen molar-refractivity contribution in [2.45, 2.75) is 19.9 Å². The van der Waals surface area contributed by atoms with Gasteiger partial charge in [-0.15, -0.1) is 21.5 Å². The summed E-state index contributed by atoms with van der Waals surface area (Å²) in [6, 6.07) is 8.25. The van der Waals surface area contributed by atoms with E-state index in [9.17, 15) is 0 Å². The summed E-state index contributed by atoms with van der Waals surface area (Å²) >= 11 is 1.61. The second kappa shape index (κ2) is 6.48. The average molecular weight is 352 g/mol. The minimum absolute atomic E-state index is 0.255. The predicted octanol–water partition coefficient (Wildman–Crippen LogP) is 4.31. The molecule has 2 N–H and O–H groups in total. The number of anilines is 3. The predicted molar refractivity (Wildman–Crippen MR) is 99.2 cm³/mol. The molecule has 3 heterocycles. The van der Waals surface area contributed by atoms with Gasteiger partial charge < -0.3 is 15.1 Å². The molecule has 0 unspecified atom stereocenters. The molecule has 3 aromatic heterocycles. The molecular weight excluding hydrogens is 336 g/mol. The highest BCUT2D eigenvalue weighted by Crippen LogP contribution is 2.30. The van der Waals surface area contributed by atoms with Crippen LogP contribution in [0.4, 0.5) is 17.2 Å². The highest BCUT2D eigenvalue weighted by atomic mass is 32.1. The molecule has 8 heteroatoms. The second-order valence-corrected chi connectivity index (χ2v) is 6.70. The SMILES string of the molecule is CC(C)Nc1cc(Nc2ccc3ncsc3c2)ncc1-c1nnco1. The van der Waals surface area contributed by atoms with Gasteiger partial charge >= 0.3 is 0 Å². The second-order valence-electron chi connectivity index (χ2n) is 5.82. The zero-order valence-corrected chi connectivity index (χ0v) is 14.5. The van der Waals surface area contributed by atoms with Crippen LogP contribution in [0.3, 0.4) is 0 Å². The van der Waals surface area contributed by atoms with E-state index in [0.29, 0.717) is 5.89 Å². The fourth-order valence-electron chi connectivity index (χ4n) is 2.50. The van der Waals surface area contributed by atoms with Crippen molar-refractivity contribution in [2.24, 2.45) is 0 Å². The smallest absolute Gasteiger partial charge is 0.251 e. The molecule has 0 bridgehead atoms. The van der Waals surface area contributed by atoms with Gasteiger partial charge in [0.2, 0.25) is 6.39 Å². The van der Waals surface area contributed by atoms with Gasteiger partial charge in [0, 0.05) is 24.0 Å². The lowest BCUT2D eigenvalue weighted by atomic mass is 10.2. The van der Waals surface area contributed by atoms with Gasteiger partial charge in [0.25, 0.3) is 5.89 Å². The first-order chi connectivity index (χ1) is 12.2. The Balaban J connectivity index is 1.67. The van der Waals surface area contributed by atoms with Gasteiger partial charge in [0.15, 0.2) is 0 Å². The molecule has 0 saturated carbocycles. The van der Waals surface area contributed by atoms with Gasteiger partial charge in [0.05, 0.1) is 27.0 Å². The lowest BCUT2D eigenvalue weighted by Crippen LogP contribution is -2.11. The van der Waals surface area contributed by atoms with E-state index in [1.807, 2.05) is 23.7 Å². The summed E-state index contributed by atoms with van der Waals surface area (Å²) < 4.78 is 6.44. The van der Waals surface area contributed by atoms with Crippen LogP contribution in [0.5, 0.6) is 0 Å². The molecule has 0 fully saturated rings. The van der Waals surface area contributed by atoms with Crippen LogP contribution in [0.25, 0.3) is 21.7 Å². The molecular formula is C17H16N6OS. The maximum absolute atomic E-state index is 5.31. The number of hydrogen-bond acceptors (Lipinski definition) is 8. The van der Waals surface area contributed by atoms with E-state index in [0.717, 1.165) is 33.0 Å². The summed E-state index contributed by atoms with van der Waals surface area (Å²) in [5, 5.41) is 14.4. The third-order valence-corrected chi connectivity index (χ3v) is 4.33. The Morgan fingerprint density at radius 2 is 2.08 bits per heavy atom. The fraction of sp³-hybridized carbons (Fsp3) is 0.176. The number of aromatic nitrogens is 4. The van der Waals surface area contributed by atoms with Crippen molar-refractivity contribution in [3.8, 4) is 11.5 Å². The van der Waals surface area contributed by atoms with Crippen molar-refractivity contribution in [3.05, 3.63) is 42.4 Å². The number of rotatable bonds is 5. The molecule has 0 spiro atoms. The lowest BCUT2D eigenvalue weighted by Gasteiger charge is -2.14. The van der Waals surface area contributed by atoms with Crippen LogP contribution in [-0.4, -0.2) is 26.2 Å². The standard InChI is InChI=1S/C17H16N6OS/c1-10(2)21-14-6-16(18-7-12(14)17-23-20-8-24-17)22-11-3-4-13-15(5-11)25-9-19-13/h3-10H,1-2H3,(H2,18,21,22). The van der Waals surface area contributed by atoms with Crippen molar-refractivity contribution >= 4 is 38.7 Å². The summed E-state index contributed by atoms with van der Waals surface area (Å²) in [5.41, 5.74) is 5.46. The maximum Gasteiger partial charge on any atom is 0.251 e. The Labute approximate surface area is 148 Å². The zero-order chi connectivity index (χ0) is 17.2. The van der Waals surface area contributed by atoms with E-state index in [1.165, 1.54) is 6.39 Å². The van der Waals surface area contributed by atoms with E-state index < -0.39 is 0 Å². The molecule has 4 rings (SSSR count). The van der Waals surface area contributed by atoms with Crippen molar-refractivity contribution in [3.63, 3.8) is 0 Å². The monoisotopic (exact) mass is 352 g/mol. The first-order valence-electron chi connectivity index (χ1n) is 7.82. The lowest BCUT2D eigenvalue weighted by molar-refractivity contribution is 0.568. The van der Waals surface area contributed by atoms with E-state index in [1.54, 1.807) is 17.5 Å². The normalized spacial score (nSPS) is 11.2. The van der Waals surface area contributed by atoms with E-state index in [2.05, 4.69) is 50.7 Å². The number of hydrogen-bond donors (Lipinski definition) is 2. The summed E-state index contributed by atoms with van der Waals surface area (Å²) in [6.45, 7) is 4.14. The van der Waals surface area contributed by atoms with Crippen LogP contribution in [0.15, 0.2) is 46.8 Å². The van der Waals surface area contributed by atoms with Gasteiger partial charge in [-0.1, -0.05) is 0 Å². The minimum atomic E-state index is 0.255. The Bertz CT molecular complexity index is 995. The molecule has 0 aliphatic rings. The highest BCUT2D eigenvalue weighted by molar-refractivity contribution is 7.16. The van der Waals surface area contributed by atoms with Gasteiger partial charge in [0.1, 0.15) is 5.82 Å². The quantitative estimate of drug-likeness (QED) is 0.553. The summed E-state index contributed by atoms with van der Waals surface area (Å²) in [7, 11) is 0. The largest absolute Gasteiger partial charge is 0.423 e. The van der Waals surface area contributed by atoms with Crippen LogP contribution in [-0.2, 0) is 0 Å². The molecule has 4 aromatic rings. The number of benzene rings is 1. The molecule has 0 aliphatic heterocycles. The third kappa shape index (κ3) is 3.29. The fourth-order valence-corrected chi connectivity index (χ4v) is 3.21. The number of nitrogens with one attached hydrogen (secondary N) is 2. The van der Waals surface area contributed by atoms with Crippen LogP contribution in [0.1, 0.15) is 13.8 Å². The van der Waals surface area contributed by atoms with Crippen LogP contribution >= 0.6 is 11.3 Å². The Morgan fingerprint density at radius 3 is 2.88 bits per heavy atom. The molecule has 0 radical (unpaired) electrons. The summed E-state index contributed by atoms with van der Waals surface area (Å²) in [5.74, 6) is 1.17. The molecule has 0 atom stereocenters. The van der Waals surface area contributed by atoms with Crippen molar-refractivity contribution in [1.29, 1.82) is 0 Å². The molecule has 25 heavy (non-hydrogen) atoms. The van der Waals surface area contributed by atoms with E-state index in [4.69, 9.17) is 4.42 Å². The van der Waals surface area contributed by atoms with Crippen LogP contribution in [0.2, 0.25) is 0 Å². The van der Waals surface area contributed by atoms with Crippen molar-refractivity contribution in [2.75, 3.05) is 10.6 Å². The third-order valence-electron chi connectivity index (χ3n) is 3.54. The summed E-state index contributed by atoms with van der Waals surface area (Å²) in [4.78, 5) is 8.77. The maximum atomic E-state index is 5.31. The van der Waals surface area contributed by atoms with Crippen LogP contribution < -0.4 is 10.6 Å². The van der Waals surface area contributed by atoms with Crippen LogP contribution in [0, 0.1) is 0 Å². The molecule has 126 valence electrons. The molecule has 1 aromatic carbocycles. The van der Waals surface area contributed by atoms with Gasteiger partial charge in [-0.3, -0.25) is 0 Å². The number of pyridine rings is 1. The van der Waals surface area contributed by atoms with Gasteiger partial charge in [-0.05, 0) is 32.0 Å². The number of fused-ring (bicyclic) bond motifs is 1. The average Bonchev–Trinajstić information content (AvgIpc) is 3.25. The van der Waals surface area contributed by atoms with E-state index >= 15 is 0 Å². The topological polar surface area (TPSA) is 88.8 Å². The molecule has 7 nitrogen and oxygen atoms in total. The van der Waals surface area contributed by atoms with Crippen molar-refractivity contribution < 1.29 is 4.42 Å². The molecule has 0 saturated heterocycles. The zero-order valence-electron chi connectivity index (χ0n) is 13.7. The number of nitrogens with zero attached hydrogens (tertiary/aromatic N) is 4. The Kier molecular flexibility index (Phi) is 4.02. The minimum Gasteiger partial charge on any atom is -0.423 e. The highest BCUT2D eigenvalue weighted by Gasteiger charge is 2.13. The first kappa shape index (κ1) is 15.5. The first-order valence-corrected chi connectivity index (χ1v) is 8.70. The summed E-state index contributed by atoms with van der Waals surface area (Å²) in [6.07, 6.45) is 3.04. The Hall–Kier alpha value is -3.00. The molecule has 0 aliphatic carbocycles. The van der Waals surface area contributed by atoms with Crippen molar-refractivity contribution in [1.82, 2.24) is 20.2 Å². The van der Waals surface area contributed by atoms with Gasteiger partial charge in [-0.25, -0.2) is 9.97 Å². The molecule has 0 amide bonds. The van der Waals surface area contributed by atoms with E-state index in [-0.39, 0.29) is 6.04 Å². The number of thiazole rings is 1. The van der Waals surface area contributed by atoms with Gasteiger partial charge in [-0.2, -0.15) is 0 Å². The Morgan fingerprint density at radius 1 is 1.16 bits per heavy atom.